The maximum atomic E-state index is 12.3. The van der Waals surface area contributed by atoms with Crippen LogP contribution in [0.3, 0.4) is 0 Å². The molecule has 7 nitrogen and oxygen atoms in total. The number of rotatable bonds is 7. The number of anilines is 1. The Labute approximate surface area is 184 Å². The second kappa shape index (κ2) is 9.61. The van der Waals surface area contributed by atoms with Gasteiger partial charge in [-0.15, -0.1) is 0 Å². The first kappa shape index (κ1) is 20.9. The summed E-state index contributed by atoms with van der Waals surface area (Å²) < 4.78 is 11.2. The molecule has 0 fully saturated rings. The summed E-state index contributed by atoms with van der Waals surface area (Å²) in [7, 11) is 0. The van der Waals surface area contributed by atoms with Crippen LogP contribution in [0.25, 0.3) is 11.0 Å². The minimum Gasteiger partial charge on any atom is -0.483 e. The molecule has 0 aliphatic carbocycles. The summed E-state index contributed by atoms with van der Waals surface area (Å²) in [6.45, 7) is 1.82. The third kappa shape index (κ3) is 5.20. The largest absolute Gasteiger partial charge is 0.483 e. The van der Waals surface area contributed by atoms with Crippen molar-refractivity contribution >= 4 is 34.7 Å². The van der Waals surface area contributed by atoms with E-state index in [1.54, 1.807) is 30.3 Å². The number of benzene rings is 3. The highest BCUT2D eigenvalue weighted by molar-refractivity contribution is 5.96. The summed E-state index contributed by atoms with van der Waals surface area (Å²) in [4.78, 5) is 24.5. The number of fused-ring (bicyclic) bond motifs is 1. The van der Waals surface area contributed by atoms with Gasteiger partial charge in [-0.1, -0.05) is 48.0 Å². The van der Waals surface area contributed by atoms with Gasteiger partial charge in [0.2, 0.25) is 0 Å². The first-order valence-corrected chi connectivity index (χ1v) is 9.99. The van der Waals surface area contributed by atoms with E-state index < -0.39 is 5.91 Å². The summed E-state index contributed by atoms with van der Waals surface area (Å²) in [5.41, 5.74) is 5.49. The molecule has 0 aliphatic heterocycles. The lowest BCUT2D eigenvalue weighted by Gasteiger charge is -2.09. The normalized spacial score (nSPS) is 10.9. The quantitative estimate of drug-likeness (QED) is 0.335. The van der Waals surface area contributed by atoms with Crippen LogP contribution < -0.4 is 15.5 Å². The Kier molecular flexibility index (Phi) is 6.27. The third-order valence-corrected chi connectivity index (χ3v) is 4.63. The fourth-order valence-electron chi connectivity index (χ4n) is 3.01. The molecule has 0 aliphatic rings. The van der Waals surface area contributed by atoms with Gasteiger partial charge in [0.15, 0.2) is 12.4 Å². The molecule has 0 unspecified atom stereocenters. The van der Waals surface area contributed by atoms with Crippen molar-refractivity contribution in [3.8, 4) is 5.75 Å². The van der Waals surface area contributed by atoms with E-state index in [2.05, 4.69) is 15.8 Å². The van der Waals surface area contributed by atoms with Gasteiger partial charge < -0.3 is 14.5 Å². The van der Waals surface area contributed by atoms with Gasteiger partial charge >= 0.3 is 5.91 Å². The Balaban J connectivity index is 1.35. The molecule has 0 radical (unpaired) electrons. The van der Waals surface area contributed by atoms with Crippen molar-refractivity contribution in [1.29, 1.82) is 0 Å². The van der Waals surface area contributed by atoms with E-state index in [4.69, 9.17) is 9.15 Å². The summed E-state index contributed by atoms with van der Waals surface area (Å²) in [6, 6.07) is 23.6. The lowest BCUT2D eigenvalue weighted by molar-refractivity contribution is -0.118. The van der Waals surface area contributed by atoms with Gasteiger partial charge in [-0.3, -0.25) is 9.59 Å². The minimum absolute atomic E-state index is 0.163. The molecule has 4 aromatic rings. The van der Waals surface area contributed by atoms with E-state index in [1.165, 1.54) is 6.21 Å². The Hall–Kier alpha value is -4.39. The van der Waals surface area contributed by atoms with Crippen molar-refractivity contribution in [3.05, 3.63) is 95.7 Å². The van der Waals surface area contributed by atoms with Crippen molar-refractivity contribution in [3.63, 3.8) is 0 Å². The van der Waals surface area contributed by atoms with Gasteiger partial charge in [-0.2, -0.15) is 5.10 Å². The average Bonchev–Trinajstić information content (AvgIpc) is 3.24. The van der Waals surface area contributed by atoms with E-state index >= 15 is 0 Å². The predicted molar refractivity (Wildman–Crippen MR) is 123 cm³/mol. The lowest BCUT2D eigenvalue weighted by atomic mass is 10.2. The van der Waals surface area contributed by atoms with Crippen LogP contribution in [0.1, 0.15) is 21.7 Å². The Morgan fingerprint density at radius 3 is 2.56 bits per heavy atom. The van der Waals surface area contributed by atoms with Crippen LogP contribution in [0.2, 0.25) is 0 Å². The molecule has 0 saturated carbocycles. The number of amides is 2. The maximum Gasteiger partial charge on any atom is 0.307 e. The van der Waals surface area contributed by atoms with E-state index in [9.17, 15) is 9.59 Å². The summed E-state index contributed by atoms with van der Waals surface area (Å²) in [5, 5.41) is 7.61. The second-order valence-corrected chi connectivity index (χ2v) is 7.09. The molecule has 32 heavy (non-hydrogen) atoms. The summed E-state index contributed by atoms with van der Waals surface area (Å²) in [6.07, 6.45) is 1.45. The van der Waals surface area contributed by atoms with Gasteiger partial charge in [-0.25, -0.2) is 5.43 Å². The Morgan fingerprint density at radius 2 is 1.75 bits per heavy atom. The van der Waals surface area contributed by atoms with Gasteiger partial charge in [0, 0.05) is 16.6 Å². The number of nitrogens with zero attached hydrogens (tertiary/aromatic N) is 1. The number of carbonyl (C=O) groups is 2. The first-order chi connectivity index (χ1) is 15.6. The van der Waals surface area contributed by atoms with E-state index in [1.807, 2.05) is 55.5 Å². The molecule has 7 heteroatoms. The number of hydrogen-bond donors (Lipinski definition) is 2. The lowest BCUT2D eigenvalue weighted by Crippen LogP contribution is -2.20. The fourth-order valence-corrected chi connectivity index (χ4v) is 3.01. The van der Waals surface area contributed by atoms with Crippen molar-refractivity contribution in [1.82, 2.24) is 5.43 Å². The number of furan rings is 1. The Bertz CT molecular complexity index is 1240. The molecular formula is C25H21N3O4. The van der Waals surface area contributed by atoms with Gasteiger partial charge in [-0.05, 0) is 43.3 Å². The number of para-hydroxylation sites is 2. The van der Waals surface area contributed by atoms with Gasteiger partial charge in [0.05, 0.1) is 6.21 Å². The number of nitrogens with one attached hydrogen (secondary N) is 2. The molecule has 2 amide bonds. The van der Waals surface area contributed by atoms with Crippen LogP contribution in [0, 0.1) is 6.92 Å². The van der Waals surface area contributed by atoms with Crippen molar-refractivity contribution in [2.45, 2.75) is 6.92 Å². The van der Waals surface area contributed by atoms with Crippen molar-refractivity contribution in [2.24, 2.45) is 5.10 Å². The van der Waals surface area contributed by atoms with Crippen LogP contribution in [0.15, 0.2) is 88.4 Å². The molecular weight excluding hydrogens is 406 g/mol. The highest BCUT2D eigenvalue weighted by Gasteiger charge is 2.11. The number of aryl methyl sites for hydroxylation is 1. The predicted octanol–water partition coefficient (Wildman–Crippen LogP) is 4.52. The Morgan fingerprint density at radius 1 is 1.00 bits per heavy atom. The molecule has 160 valence electrons. The summed E-state index contributed by atoms with van der Waals surface area (Å²) in [5.74, 6) is -0.110. The molecule has 3 aromatic carbocycles. The molecule has 1 aromatic heterocycles. The van der Waals surface area contributed by atoms with Crippen LogP contribution in [0.4, 0.5) is 5.69 Å². The van der Waals surface area contributed by atoms with E-state index in [0.717, 1.165) is 10.9 Å². The zero-order valence-corrected chi connectivity index (χ0v) is 17.4. The van der Waals surface area contributed by atoms with Crippen LogP contribution in [0.5, 0.6) is 5.75 Å². The summed E-state index contributed by atoms with van der Waals surface area (Å²) >= 11 is 0. The molecule has 0 spiro atoms. The SMILES string of the molecule is Cc1ccc(NC(=O)COc2ccccc2/C=N/NC(=O)c2cc3ccccc3o2)cc1. The van der Waals surface area contributed by atoms with Crippen molar-refractivity contribution < 1.29 is 18.7 Å². The smallest absolute Gasteiger partial charge is 0.307 e. The zero-order chi connectivity index (χ0) is 22.3. The van der Waals surface area contributed by atoms with E-state index in [0.29, 0.717) is 22.6 Å². The first-order valence-electron chi connectivity index (χ1n) is 9.99. The maximum absolute atomic E-state index is 12.3. The second-order valence-electron chi connectivity index (χ2n) is 7.09. The minimum atomic E-state index is -0.465. The topological polar surface area (TPSA) is 92.9 Å². The molecule has 0 saturated heterocycles. The number of hydrogen-bond acceptors (Lipinski definition) is 5. The van der Waals surface area contributed by atoms with Crippen LogP contribution in [-0.2, 0) is 4.79 Å². The number of ether oxygens (including phenoxy) is 1. The molecule has 4 rings (SSSR count). The molecule has 2 N–H and O–H groups in total. The molecule has 0 atom stereocenters. The fraction of sp³-hybridized carbons (Fsp3) is 0.0800. The average molecular weight is 427 g/mol. The van der Waals surface area contributed by atoms with Gasteiger partial charge in [0.25, 0.3) is 5.91 Å². The van der Waals surface area contributed by atoms with Crippen LogP contribution in [-0.4, -0.2) is 24.6 Å². The highest BCUT2D eigenvalue weighted by Crippen LogP contribution is 2.19. The number of carbonyl (C=O) groups excluding carboxylic acids is 2. The third-order valence-electron chi connectivity index (χ3n) is 4.63. The monoisotopic (exact) mass is 427 g/mol. The van der Waals surface area contributed by atoms with Crippen molar-refractivity contribution in [2.75, 3.05) is 11.9 Å². The van der Waals surface area contributed by atoms with Crippen LogP contribution >= 0.6 is 0 Å². The standard InChI is InChI=1S/C25H21N3O4/c1-17-10-12-20(13-11-17)27-24(29)16-31-21-8-4-3-7-19(21)15-26-28-25(30)23-14-18-6-2-5-9-22(18)32-23/h2-15H,16H2,1H3,(H,27,29)(H,28,30)/b26-15+. The number of hydrazone groups is 1. The molecule has 0 bridgehead atoms. The zero-order valence-electron chi connectivity index (χ0n) is 17.4. The van der Waals surface area contributed by atoms with E-state index in [-0.39, 0.29) is 18.3 Å². The van der Waals surface area contributed by atoms with Gasteiger partial charge in [0.1, 0.15) is 11.3 Å². The molecule has 1 heterocycles. The highest BCUT2D eigenvalue weighted by atomic mass is 16.5.